The Morgan fingerprint density at radius 1 is 1.14 bits per heavy atom. The zero-order chi connectivity index (χ0) is 24.9. The number of halogens is 3. The molecule has 0 radical (unpaired) electrons. The Labute approximate surface area is 202 Å². The van der Waals surface area contributed by atoms with Crippen LogP contribution >= 0.6 is 0 Å². The van der Waals surface area contributed by atoms with E-state index in [2.05, 4.69) is 22.6 Å². The molecule has 9 heteroatoms. The average Bonchev–Trinajstić information content (AvgIpc) is 2.74. The molecule has 1 saturated heterocycles. The van der Waals surface area contributed by atoms with Gasteiger partial charge in [-0.05, 0) is 65.1 Å². The quantitative estimate of drug-likeness (QED) is 0.605. The Balaban J connectivity index is 1.43. The highest BCUT2D eigenvalue weighted by molar-refractivity contribution is 5.99. The third kappa shape index (κ3) is 4.35. The molecule has 4 fully saturated rings. The smallest absolute Gasteiger partial charge is 0.266 e. The summed E-state index contributed by atoms with van der Waals surface area (Å²) in [6.45, 7) is 3.39. The number of rotatable bonds is 7. The number of anilines is 1. The molecule has 0 unspecified atom stereocenters. The molecule has 1 aliphatic heterocycles. The number of carbonyl (C=O) groups is 1. The normalized spacial score (nSPS) is 25.0. The number of nitrogens with one attached hydrogen (secondary N) is 2. The van der Waals surface area contributed by atoms with Crippen LogP contribution in [0.15, 0.2) is 35.3 Å². The van der Waals surface area contributed by atoms with Crippen LogP contribution in [0.4, 0.5) is 18.9 Å². The highest BCUT2D eigenvalue weighted by atomic mass is 19.3. The molecule has 2 N–H and O–H groups in total. The lowest BCUT2D eigenvalue weighted by molar-refractivity contribution is -0.0914. The minimum atomic E-state index is -2.94. The summed E-state index contributed by atoms with van der Waals surface area (Å²) in [4.78, 5) is 28.7. The summed E-state index contributed by atoms with van der Waals surface area (Å²) in [5, 5.41) is 6.16. The second-order valence-corrected chi connectivity index (χ2v) is 10.5. The van der Waals surface area contributed by atoms with Crippen LogP contribution in [0.25, 0.3) is 0 Å². The first-order valence-electron chi connectivity index (χ1n) is 12.3. The Kier molecular flexibility index (Phi) is 6.15. The molecule has 3 saturated carbocycles. The van der Waals surface area contributed by atoms with Crippen molar-refractivity contribution in [3.63, 3.8) is 0 Å². The van der Waals surface area contributed by atoms with Gasteiger partial charge in [0.2, 0.25) is 0 Å². The van der Waals surface area contributed by atoms with Gasteiger partial charge in [-0.3, -0.25) is 9.59 Å². The summed E-state index contributed by atoms with van der Waals surface area (Å²) < 4.78 is 42.7. The molecule has 6 nitrogen and oxygen atoms in total. The lowest BCUT2D eigenvalue weighted by atomic mass is 9.49. The molecule has 188 valence electrons. The van der Waals surface area contributed by atoms with Gasteiger partial charge in [0.1, 0.15) is 5.82 Å². The molecule has 1 aromatic heterocycles. The number of pyridine rings is 1. The van der Waals surface area contributed by atoms with Gasteiger partial charge in [-0.25, -0.2) is 13.2 Å². The molecule has 3 aliphatic carbocycles. The standard InChI is InChI=1S/C26H31F3N4O2/c1-15(18-4-3-5-19(23(18)27)24(28)29)30-25(35)20-14-33(26-11-16(12-26)13-26)22(34)10-21(20)31-17-6-8-32(2)9-7-17/h3-5,10,14-17,24,31H,6-9,11-13H2,1-2H3,(H,30,35)/t15-,16?,26?/m1/s1. The van der Waals surface area contributed by atoms with Crippen LogP contribution in [-0.4, -0.2) is 41.6 Å². The van der Waals surface area contributed by atoms with Crippen molar-refractivity contribution in [2.45, 2.75) is 63.1 Å². The topological polar surface area (TPSA) is 66.4 Å². The van der Waals surface area contributed by atoms with Crippen LogP contribution in [0, 0.1) is 11.7 Å². The van der Waals surface area contributed by atoms with Gasteiger partial charge in [0.05, 0.1) is 22.9 Å². The van der Waals surface area contributed by atoms with Gasteiger partial charge in [0, 0.05) is 29.4 Å². The fourth-order valence-electron chi connectivity index (χ4n) is 5.73. The van der Waals surface area contributed by atoms with E-state index in [-0.39, 0.29) is 22.7 Å². The first kappa shape index (κ1) is 23.9. The lowest BCUT2D eigenvalue weighted by Crippen LogP contribution is -2.62. The molecule has 0 spiro atoms. The first-order chi connectivity index (χ1) is 16.7. The van der Waals surface area contributed by atoms with E-state index in [0.29, 0.717) is 17.2 Å². The number of hydrogen-bond acceptors (Lipinski definition) is 4. The van der Waals surface area contributed by atoms with Gasteiger partial charge in [-0.1, -0.05) is 18.2 Å². The number of amides is 1. The number of piperidine rings is 1. The molecule has 35 heavy (non-hydrogen) atoms. The molecule has 1 atom stereocenters. The molecule has 6 rings (SSSR count). The summed E-state index contributed by atoms with van der Waals surface area (Å²) in [5.41, 5.74) is -0.269. The molecule has 2 bridgehead atoms. The highest BCUT2D eigenvalue weighted by Crippen LogP contribution is 2.61. The minimum absolute atomic E-state index is 0.00581. The van der Waals surface area contributed by atoms with Gasteiger partial charge >= 0.3 is 0 Å². The molecule has 2 aromatic rings. The zero-order valence-corrected chi connectivity index (χ0v) is 20.0. The van der Waals surface area contributed by atoms with Crippen LogP contribution in [0.3, 0.4) is 0 Å². The van der Waals surface area contributed by atoms with Crippen LogP contribution in [0.5, 0.6) is 0 Å². The van der Waals surface area contributed by atoms with Crippen molar-refractivity contribution in [1.29, 1.82) is 0 Å². The predicted molar refractivity (Wildman–Crippen MR) is 127 cm³/mol. The van der Waals surface area contributed by atoms with E-state index in [9.17, 15) is 22.8 Å². The maximum atomic E-state index is 14.7. The summed E-state index contributed by atoms with van der Waals surface area (Å²) >= 11 is 0. The largest absolute Gasteiger partial charge is 0.381 e. The van der Waals surface area contributed by atoms with Crippen LogP contribution in [0.2, 0.25) is 0 Å². The zero-order valence-electron chi connectivity index (χ0n) is 20.0. The van der Waals surface area contributed by atoms with Crippen molar-refractivity contribution in [3.8, 4) is 0 Å². The number of hydrogen-bond donors (Lipinski definition) is 2. The van der Waals surface area contributed by atoms with E-state index in [1.165, 1.54) is 18.2 Å². The van der Waals surface area contributed by atoms with Crippen molar-refractivity contribution < 1.29 is 18.0 Å². The van der Waals surface area contributed by atoms with E-state index >= 15 is 0 Å². The predicted octanol–water partition coefficient (Wildman–Crippen LogP) is 4.43. The number of carbonyl (C=O) groups excluding carboxylic acids is 1. The van der Waals surface area contributed by atoms with Crippen molar-refractivity contribution in [3.05, 3.63) is 63.3 Å². The molecular weight excluding hydrogens is 457 g/mol. The Bertz CT molecular complexity index is 1170. The van der Waals surface area contributed by atoms with Crippen molar-refractivity contribution in [1.82, 2.24) is 14.8 Å². The fourth-order valence-corrected chi connectivity index (χ4v) is 5.73. The Morgan fingerprint density at radius 3 is 2.40 bits per heavy atom. The monoisotopic (exact) mass is 488 g/mol. The second-order valence-electron chi connectivity index (χ2n) is 10.5. The number of nitrogens with zero attached hydrogens (tertiary/aromatic N) is 2. The van der Waals surface area contributed by atoms with Gasteiger partial charge in [0.15, 0.2) is 0 Å². The van der Waals surface area contributed by atoms with E-state index < -0.39 is 29.8 Å². The molecule has 4 aliphatic rings. The van der Waals surface area contributed by atoms with Crippen molar-refractivity contribution in [2.75, 3.05) is 25.5 Å². The first-order valence-corrected chi connectivity index (χ1v) is 12.3. The van der Waals surface area contributed by atoms with Crippen LogP contribution < -0.4 is 16.2 Å². The van der Waals surface area contributed by atoms with Gasteiger partial charge in [-0.2, -0.15) is 0 Å². The summed E-state index contributed by atoms with van der Waals surface area (Å²) in [6, 6.07) is 4.58. The molecule has 2 heterocycles. The number of benzene rings is 1. The van der Waals surface area contributed by atoms with Gasteiger partial charge in [0.25, 0.3) is 17.9 Å². The number of alkyl halides is 2. The minimum Gasteiger partial charge on any atom is -0.381 e. The summed E-state index contributed by atoms with van der Waals surface area (Å²) in [6.07, 6.45) is 3.28. The Morgan fingerprint density at radius 2 is 1.80 bits per heavy atom. The highest BCUT2D eigenvalue weighted by Gasteiger charge is 2.58. The van der Waals surface area contributed by atoms with E-state index in [1.54, 1.807) is 17.7 Å². The number of likely N-dealkylation sites (tertiary alicyclic amines) is 1. The van der Waals surface area contributed by atoms with Gasteiger partial charge in [-0.15, -0.1) is 0 Å². The van der Waals surface area contributed by atoms with E-state index in [1.807, 2.05) is 0 Å². The van der Waals surface area contributed by atoms with Crippen molar-refractivity contribution in [2.24, 2.45) is 5.92 Å². The van der Waals surface area contributed by atoms with Crippen molar-refractivity contribution >= 4 is 11.6 Å². The second kappa shape index (κ2) is 9.00. The van der Waals surface area contributed by atoms with Crippen LogP contribution in [0.1, 0.15) is 73.0 Å². The fraction of sp³-hybridized carbons (Fsp3) is 0.538. The number of aromatic nitrogens is 1. The van der Waals surface area contributed by atoms with Crippen LogP contribution in [-0.2, 0) is 5.54 Å². The molecule has 1 aromatic carbocycles. The summed E-state index contributed by atoms with van der Waals surface area (Å²) in [5.74, 6) is -0.838. The molecular formula is C26H31F3N4O2. The van der Waals surface area contributed by atoms with E-state index in [4.69, 9.17) is 0 Å². The molecule has 1 amide bonds. The van der Waals surface area contributed by atoms with Gasteiger partial charge < -0.3 is 20.1 Å². The maximum Gasteiger partial charge on any atom is 0.266 e. The third-order valence-electron chi connectivity index (χ3n) is 8.00. The Hall–Kier alpha value is -2.81. The van der Waals surface area contributed by atoms with E-state index in [0.717, 1.165) is 51.3 Å². The average molecular weight is 489 g/mol. The summed E-state index contributed by atoms with van der Waals surface area (Å²) in [7, 11) is 2.06. The third-order valence-corrected chi connectivity index (χ3v) is 8.00. The maximum absolute atomic E-state index is 14.7. The lowest BCUT2D eigenvalue weighted by Gasteiger charge is -2.62. The SMILES string of the molecule is C[C@@H](NC(=O)c1cn(C23CC(C2)C3)c(=O)cc1NC1CCN(C)CC1)c1cccc(C(F)F)c1F.